The van der Waals surface area contributed by atoms with Crippen molar-refractivity contribution in [1.82, 2.24) is 0 Å². The van der Waals surface area contributed by atoms with Gasteiger partial charge in [-0.2, -0.15) is 0 Å². The second-order valence-electron chi connectivity index (χ2n) is 5.02. The van der Waals surface area contributed by atoms with E-state index in [-0.39, 0.29) is 11.6 Å². The van der Waals surface area contributed by atoms with Crippen molar-refractivity contribution in [3.05, 3.63) is 55.8 Å². The van der Waals surface area contributed by atoms with Crippen LogP contribution in [0, 0.1) is 10.1 Å². The normalized spacial score (nSPS) is 13.5. The van der Waals surface area contributed by atoms with Crippen LogP contribution in [0.5, 0.6) is 0 Å². The van der Waals surface area contributed by atoms with Crippen LogP contribution in [-0.4, -0.2) is 10.8 Å². The average molecular weight is 302 g/mol. The number of carbonyl (C=O) groups excluding carboxylic acids is 1. The molecule has 0 radical (unpaired) electrons. The highest BCUT2D eigenvalue weighted by Crippen LogP contribution is 2.30. The number of thiophene rings is 1. The lowest BCUT2D eigenvalue weighted by molar-refractivity contribution is -0.384. The fourth-order valence-electron chi connectivity index (χ4n) is 2.55. The Morgan fingerprint density at radius 3 is 2.62 bits per heavy atom. The molecular formula is C15H14N2O3S. The summed E-state index contributed by atoms with van der Waals surface area (Å²) in [7, 11) is 0. The molecule has 0 saturated carbocycles. The highest BCUT2D eigenvalue weighted by atomic mass is 32.1. The lowest BCUT2D eigenvalue weighted by atomic mass is 9.95. The topological polar surface area (TPSA) is 72.2 Å². The molecular weight excluding hydrogens is 288 g/mol. The molecule has 0 fully saturated rings. The Kier molecular flexibility index (Phi) is 3.70. The summed E-state index contributed by atoms with van der Waals surface area (Å²) in [6, 6.07) is 5.88. The molecule has 0 saturated heterocycles. The van der Waals surface area contributed by atoms with Crippen LogP contribution in [0.25, 0.3) is 0 Å². The largest absolute Gasteiger partial charge is 0.322 e. The molecule has 0 atom stereocenters. The van der Waals surface area contributed by atoms with Gasteiger partial charge in [0.15, 0.2) is 0 Å². The summed E-state index contributed by atoms with van der Waals surface area (Å²) < 4.78 is 0. The molecule has 3 rings (SSSR count). The maximum absolute atomic E-state index is 12.3. The standard InChI is InChI=1S/C15H14N2O3S/c18-15(13-9-21-14-4-2-1-3-12(13)14)16-10-5-7-11(8-6-10)17(19)20/h5-9H,1-4H2,(H,16,18). The van der Waals surface area contributed by atoms with Crippen molar-refractivity contribution in [3.63, 3.8) is 0 Å². The van der Waals surface area contributed by atoms with E-state index >= 15 is 0 Å². The third-order valence-electron chi connectivity index (χ3n) is 3.64. The van der Waals surface area contributed by atoms with Crippen molar-refractivity contribution in [2.75, 3.05) is 5.32 Å². The Hall–Kier alpha value is -2.21. The SMILES string of the molecule is O=C(Nc1ccc([N+](=O)[O-])cc1)c1csc2c1CCCC2. The zero-order valence-electron chi connectivity index (χ0n) is 11.3. The number of hydrogen-bond donors (Lipinski definition) is 1. The molecule has 1 aliphatic carbocycles. The first-order valence-corrected chi connectivity index (χ1v) is 7.68. The van der Waals surface area contributed by atoms with Crippen molar-refractivity contribution in [1.29, 1.82) is 0 Å². The third-order valence-corrected chi connectivity index (χ3v) is 4.73. The maximum Gasteiger partial charge on any atom is 0.269 e. The van der Waals surface area contributed by atoms with Gasteiger partial charge in [-0.05, 0) is 43.4 Å². The summed E-state index contributed by atoms with van der Waals surface area (Å²) in [5.41, 5.74) is 2.50. The van der Waals surface area contributed by atoms with Crippen molar-refractivity contribution >= 4 is 28.6 Å². The van der Waals surface area contributed by atoms with E-state index in [1.165, 1.54) is 29.0 Å². The molecule has 5 nitrogen and oxygen atoms in total. The van der Waals surface area contributed by atoms with Gasteiger partial charge in [-0.25, -0.2) is 0 Å². The summed E-state index contributed by atoms with van der Waals surface area (Å²) in [6.45, 7) is 0. The lowest BCUT2D eigenvalue weighted by Crippen LogP contribution is -2.14. The fourth-order valence-corrected chi connectivity index (χ4v) is 3.68. The first-order valence-electron chi connectivity index (χ1n) is 6.80. The molecule has 1 N–H and O–H groups in total. The van der Waals surface area contributed by atoms with Gasteiger partial charge in [0.2, 0.25) is 0 Å². The maximum atomic E-state index is 12.3. The summed E-state index contributed by atoms with van der Waals surface area (Å²) >= 11 is 1.65. The average Bonchev–Trinajstić information content (AvgIpc) is 2.92. The van der Waals surface area contributed by atoms with Crippen LogP contribution in [0.3, 0.4) is 0 Å². The van der Waals surface area contributed by atoms with E-state index in [0.29, 0.717) is 5.69 Å². The number of fused-ring (bicyclic) bond motifs is 1. The summed E-state index contributed by atoms with van der Waals surface area (Å²) in [5.74, 6) is -0.136. The van der Waals surface area contributed by atoms with E-state index in [2.05, 4.69) is 5.32 Å². The zero-order valence-corrected chi connectivity index (χ0v) is 12.1. The van der Waals surface area contributed by atoms with Crippen LogP contribution in [0.1, 0.15) is 33.6 Å². The second kappa shape index (κ2) is 5.65. The number of nitrogens with one attached hydrogen (secondary N) is 1. The quantitative estimate of drug-likeness (QED) is 0.692. The highest BCUT2D eigenvalue weighted by molar-refractivity contribution is 7.10. The van der Waals surface area contributed by atoms with Crippen LogP contribution in [0.2, 0.25) is 0 Å². The van der Waals surface area contributed by atoms with E-state index < -0.39 is 4.92 Å². The Morgan fingerprint density at radius 1 is 1.19 bits per heavy atom. The Balaban J connectivity index is 1.77. The molecule has 0 unspecified atom stereocenters. The van der Waals surface area contributed by atoms with Crippen LogP contribution in [0.15, 0.2) is 29.6 Å². The van der Waals surface area contributed by atoms with Crippen molar-refractivity contribution in [2.45, 2.75) is 25.7 Å². The fraction of sp³-hybridized carbons (Fsp3) is 0.267. The number of hydrogen-bond acceptors (Lipinski definition) is 4. The number of carbonyl (C=O) groups is 1. The Bertz CT molecular complexity index is 691. The van der Waals surface area contributed by atoms with Gasteiger partial charge in [-0.15, -0.1) is 11.3 Å². The molecule has 1 aromatic carbocycles. The minimum atomic E-state index is -0.457. The van der Waals surface area contributed by atoms with Crippen molar-refractivity contribution in [2.24, 2.45) is 0 Å². The first kappa shape index (κ1) is 13.8. The van der Waals surface area contributed by atoms with Crippen LogP contribution in [0.4, 0.5) is 11.4 Å². The molecule has 0 bridgehead atoms. The van der Waals surface area contributed by atoms with Crippen LogP contribution < -0.4 is 5.32 Å². The van der Waals surface area contributed by atoms with Crippen LogP contribution >= 0.6 is 11.3 Å². The van der Waals surface area contributed by atoms with Crippen LogP contribution in [-0.2, 0) is 12.8 Å². The highest BCUT2D eigenvalue weighted by Gasteiger charge is 2.20. The number of amides is 1. The van der Waals surface area contributed by atoms with Crippen molar-refractivity contribution < 1.29 is 9.72 Å². The van der Waals surface area contributed by atoms with E-state index in [0.717, 1.165) is 24.8 Å². The van der Waals surface area contributed by atoms with E-state index in [4.69, 9.17) is 0 Å². The number of nitro groups is 1. The van der Waals surface area contributed by atoms with Gasteiger partial charge in [0, 0.05) is 28.1 Å². The van der Waals surface area contributed by atoms with Crippen molar-refractivity contribution in [3.8, 4) is 0 Å². The molecule has 0 aliphatic heterocycles. The number of benzene rings is 1. The van der Waals surface area contributed by atoms with E-state index in [1.54, 1.807) is 23.5 Å². The van der Waals surface area contributed by atoms with Gasteiger partial charge in [0.05, 0.1) is 10.5 Å². The summed E-state index contributed by atoms with van der Waals surface area (Å²) in [4.78, 5) is 23.8. The molecule has 0 spiro atoms. The number of rotatable bonds is 3. The number of nitrogens with zero attached hydrogens (tertiary/aromatic N) is 1. The van der Waals surface area contributed by atoms with Gasteiger partial charge in [-0.3, -0.25) is 14.9 Å². The van der Waals surface area contributed by atoms with Gasteiger partial charge in [0.25, 0.3) is 11.6 Å². The second-order valence-corrected chi connectivity index (χ2v) is 5.98. The van der Waals surface area contributed by atoms with E-state index in [9.17, 15) is 14.9 Å². The molecule has 1 amide bonds. The predicted octanol–water partition coefficient (Wildman–Crippen LogP) is 3.79. The third kappa shape index (κ3) is 2.80. The van der Waals surface area contributed by atoms with Gasteiger partial charge >= 0.3 is 0 Å². The first-order chi connectivity index (χ1) is 10.1. The molecule has 108 valence electrons. The number of non-ortho nitro benzene ring substituents is 1. The summed E-state index contributed by atoms with van der Waals surface area (Å²) in [6.07, 6.45) is 4.34. The minimum absolute atomic E-state index is 0.0147. The summed E-state index contributed by atoms with van der Waals surface area (Å²) in [5, 5.41) is 15.3. The molecule has 6 heteroatoms. The van der Waals surface area contributed by atoms with E-state index in [1.807, 2.05) is 5.38 Å². The number of anilines is 1. The zero-order chi connectivity index (χ0) is 14.8. The van der Waals surface area contributed by atoms with Gasteiger partial charge in [-0.1, -0.05) is 0 Å². The number of nitro benzene ring substituents is 1. The molecule has 1 aliphatic rings. The monoisotopic (exact) mass is 302 g/mol. The molecule has 1 aromatic heterocycles. The van der Waals surface area contributed by atoms with Gasteiger partial charge < -0.3 is 5.32 Å². The lowest BCUT2D eigenvalue weighted by Gasteiger charge is -2.12. The molecule has 21 heavy (non-hydrogen) atoms. The molecule has 2 aromatic rings. The number of aryl methyl sites for hydroxylation is 1. The smallest absolute Gasteiger partial charge is 0.269 e. The molecule has 1 heterocycles. The predicted molar refractivity (Wildman–Crippen MR) is 82.0 cm³/mol. The Morgan fingerprint density at radius 2 is 1.90 bits per heavy atom. The van der Waals surface area contributed by atoms with Gasteiger partial charge in [0.1, 0.15) is 0 Å². The minimum Gasteiger partial charge on any atom is -0.322 e. The Labute approximate surface area is 125 Å².